The molecule has 1 atom stereocenters. The summed E-state index contributed by atoms with van der Waals surface area (Å²) in [6.07, 6.45) is 5.00. The number of hydrogen-bond donors (Lipinski definition) is 1. The van der Waals surface area contributed by atoms with E-state index in [9.17, 15) is 0 Å². The van der Waals surface area contributed by atoms with E-state index in [-0.39, 0.29) is 0 Å². The lowest BCUT2D eigenvalue weighted by atomic mass is 10.0. The van der Waals surface area contributed by atoms with Crippen molar-refractivity contribution < 1.29 is 4.74 Å². The first-order valence-corrected chi connectivity index (χ1v) is 7.29. The standard InChI is InChI=1S/C16H25NO/c1-3-11-17-16(4-2)14-7-9-15(10-8-14)18-12-13-5-6-13/h7-10,13,16-17H,3-6,11-12H2,1-2H3. The molecule has 0 heterocycles. The third-order valence-corrected chi connectivity index (χ3v) is 3.51. The molecule has 18 heavy (non-hydrogen) atoms. The molecule has 0 aliphatic heterocycles. The van der Waals surface area contributed by atoms with Crippen LogP contribution in [0.4, 0.5) is 0 Å². The van der Waals surface area contributed by atoms with Gasteiger partial charge in [0, 0.05) is 6.04 Å². The summed E-state index contributed by atoms with van der Waals surface area (Å²) in [7, 11) is 0. The molecule has 1 aromatic carbocycles. The Morgan fingerprint density at radius 2 is 1.94 bits per heavy atom. The van der Waals surface area contributed by atoms with Gasteiger partial charge in [-0.3, -0.25) is 0 Å². The molecule has 2 rings (SSSR count). The largest absolute Gasteiger partial charge is 0.493 e. The Labute approximate surface area is 111 Å². The van der Waals surface area contributed by atoms with Gasteiger partial charge in [-0.2, -0.15) is 0 Å². The van der Waals surface area contributed by atoms with E-state index in [1.165, 1.54) is 24.8 Å². The average molecular weight is 247 g/mol. The lowest BCUT2D eigenvalue weighted by Crippen LogP contribution is -2.21. The van der Waals surface area contributed by atoms with E-state index in [4.69, 9.17) is 4.74 Å². The van der Waals surface area contributed by atoms with Gasteiger partial charge in [0.1, 0.15) is 5.75 Å². The minimum absolute atomic E-state index is 0.474. The fourth-order valence-electron chi connectivity index (χ4n) is 2.11. The van der Waals surface area contributed by atoms with Crippen LogP contribution >= 0.6 is 0 Å². The fourth-order valence-corrected chi connectivity index (χ4v) is 2.11. The van der Waals surface area contributed by atoms with Crippen LogP contribution in [0.25, 0.3) is 0 Å². The Kier molecular flexibility index (Phi) is 5.06. The Hall–Kier alpha value is -1.02. The minimum Gasteiger partial charge on any atom is -0.493 e. The molecule has 1 fully saturated rings. The van der Waals surface area contributed by atoms with Crippen molar-refractivity contribution >= 4 is 0 Å². The zero-order chi connectivity index (χ0) is 12.8. The molecular weight excluding hydrogens is 222 g/mol. The first-order chi connectivity index (χ1) is 8.83. The van der Waals surface area contributed by atoms with Crippen LogP contribution in [0.3, 0.4) is 0 Å². The molecule has 100 valence electrons. The minimum atomic E-state index is 0.474. The highest BCUT2D eigenvalue weighted by Gasteiger charge is 2.21. The van der Waals surface area contributed by atoms with Crippen molar-refractivity contribution in [1.82, 2.24) is 5.32 Å². The molecule has 1 N–H and O–H groups in total. The van der Waals surface area contributed by atoms with Crippen LogP contribution in [0.1, 0.15) is 51.1 Å². The average Bonchev–Trinajstić information content (AvgIpc) is 3.23. The SMILES string of the molecule is CCCNC(CC)c1ccc(OCC2CC2)cc1. The van der Waals surface area contributed by atoms with Crippen LogP contribution in [0.15, 0.2) is 24.3 Å². The van der Waals surface area contributed by atoms with Gasteiger partial charge in [0.05, 0.1) is 6.61 Å². The predicted octanol–water partition coefficient (Wildman–Crippen LogP) is 3.93. The number of nitrogens with one attached hydrogen (secondary N) is 1. The number of benzene rings is 1. The van der Waals surface area contributed by atoms with Crippen LogP contribution in [-0.4, -0.2) is 13.2 Å². The molecule has 0 radical (unpaired) electrons. The Morgan fingerprint density at radius 1 is 1.22 bits per heavy atom. The summed E-state index contributed by atoms with van der Waals surface area (Å²) >= 11 is 0. The van der Waals surface area contributed by atoms with E-state index in [2.05, 4.69) is 43.4 Å². The molecule has 1 aliphatic rings. The van der Waals surface area contributed by atoms with Crippen LogP contribution in [0.2, 0.25) is 0 Å². The molecular formula is C16H25NO. The predicted molar refractivity (Wildman–Crippen MR) is 76.0 cm³/mol. The molecule has 2 heteroatoms. The molecule has 2 nitrogen and oxygen atoms in total. The van der Waals surface area contributed by atoms with Crippen molar-refractivity contribution in [3.05, 3.63) is 29.8 Å². The first-order valence-electron chi connectivity index (χ1n) is 7.29. The molecule has 0 bridgehead atoms. The van der Waals surface area contributed by atoms with Crippen LogP contribution < -0.4 is 10.1 Å². The van der Waals surface area contributed by atoms with Crippen molar-refractivity contribution in [2.24, 2.45) is 5.92 Å². The second-order valence-electron chi connectivity index (χ2n) is 5.24. The van der Waals surface area contributed by atoms with E-state index in [1.54, 1.807) is 0 Å². The summed E-state index contributed by atoms with van der Waals surface area (Å²) in [5.74, 6) is 1.83. The maximum absolute atomic E-state index is 5.76. The van der Waals surface area contributed by atoms with Gasteiger partial charge in [-0.1, -0.05) is 26.0 Å². The highest BCUT2D eigenvalue weighted by molar-refractivity contribution is 5.29. The molecule has 1 unspecified atom stereocenters. The van der Waals surface area contributed by atoms with Gasteiger partial charge in [-0.05, 0) is 55.8 Å². The molecule has 0 amide bonds. The van der Waals surface area contributed by atoms with Crippen molar-refractivity contribution in [3.8, 4) is 5.75 Å². The van der Waals surface area contributed by atoms with Gasteiger partial charge in [-0.15, -0.1) is 0 Å². The topological polar surface area (TPSA) is 21.3 Å². The smallest absolute Gasteiger partial charge is 0.119 e. The summed E-state index contributed by atoms with van der Waals surface area (Å²) in [5.41, 5.74) is 1.37. The second-order valence-corrected chi connectivity index (χ2v) is 5.24. The van der Waals surface area contributed by atoms with Crippen LogP contribution in [-0.2, 0) is 0 Å². The van der Waals surface area contributed by atoms with Crippen LogP contribution in [0, 0.1) is 5.92 Å². The molecule has 1 aliphatic carbocycles. The van der Waals surface area contributed by atoms with E-state index in [0.717, 1.165) is 31.2 Å². The summed E-state index contributed by atoms with van der Waals surface area (Å²) in [6, 6.07) is 9.07. The van der Waals surface area contributed by atoms with Gasteiger partial charge in [0.15, 0.2) is 0 Å². The van der Waals surface area contributed by atoms with Gasteiger partial charge in [0.2, 0.25) is 0 Å². The number of rotatable bonds is 8. The van der Waals surface area contributed by atoms with E-state index in [1.807, 2.05) is 0 Å². The van der Waals surface area contributed by atoms with Crippen molar-refractivity contribution in [2.45, 2.75) is 45.6 Å². The Morgan fingerprint density at radius 3 is 2.50 bits per heavy atom. The van der Waals surface area contributed by atoms with E-state index >= 15 is 0 Å². The summed E-state index contributed by atoms with van der Waals surface area (Å²) < 4.78 is 5.76. The lowest BCUT2D eigenvalue weighted by Gasteiger charge is -2.17. The monoisotopic (exact) mass is 247 g/mol. The highest BCUT2D eigenvalue weighted by atomic mass is 16.5. The van der Waals surface area contributed by atoms with Crippen molar-refractivity contribution in [2.75, 3.05) is 13.2 Å². The zero-order valence-corrected chi connectivity index (χ0v) is 11.6. The van der Waals surface area contributed by atoms with E-state index < -0.39 is 0 Å². The molecule has 0 aromatic heterocycles. The number of hydrogen-bond acceptors (Lipinski definition) is 2. The van der Waals surface area contributed by atoms with Gasteiger partial charge < -0.3 is 10.1 Å². The molecule has 0 saturated heterocycles. The van der Waals surface area contributed by atoms with E-state index in [0.29, 0.717) is 6.04 Å². The molecule has 0 spiro atoms. The third kappa shape index (κ3) is 4.02. The van der Waals surface area contributed by atoms with Gasteiger partial charge in [0.25, 0.3) is 0 Å². The third-order valence-electron chi connectivity index (χ3n) is 3.51. The Bertz CT molecular complexity index is 343. The van der Waals surface area contributed by atoms with Crippen LogP contribution in [0.5, 0.6) is 5.75 Å². The quantitative estimate of drug-likeness (QED) is 0.751. The molecule has 1 aromatic rings. The molecule has 1 saturated carbocycles. The maximum Gasteiger partial charge on any atom is 0.119 e. The van der Waals surface area contributed by atoms with Crippen molar-refractivity contribution in [3.63, 3.8) is 0 Å². The summed E-state index contributed by atoms with van der Waals surface area (Å²) in [5, 5.41) is 3.57. The Balaban J connectivity index is 1.87. The van der Waals surface area contributed by atoms with Crippen molar-refractivity contribution in [1.29, 1.82) is 0 Å². The zero-order valence-electron chi connectivity index (χ0n) is 11.6. The normalized spacial score (nSPS) is 16.6. The summed E-state index contributed by atoms with van der Waals surface area (Å²) in [4.78, 5) is 0. The highest BCUT2D eigenvalue weighted by Crippen LogP contribution is 2.29. The number of ether oxygens (including phenoxy) is 1. The summed E-state index contributed by atoms with van der Waals surface area (Å²) in [6.45, 7) is 6.41. The first kappa shape index (κ1) is 13.4. The fraction of sp³-hybridized carbons (Fsp3) is 0.625. The van der Waals surface area contributed by atoms with Gasteiger partial charge in [-0.25, -0.2) is 0 Å². The second kappa shape index (κ2) is 6.79. The maximum atomic E-state index is 5.76. The lowest BCUT2D eigenvalue weighted by molar-refractivity contribution is 0.299. The van der Waals surface area contributed by atoms with Gasteiger partial charge >= 0.3 is 0 Å².